The first-order valence-electron chi connectivity index (χ1n) is 1.71. The van der Waals surface area contributed by atoms with E-state index in [0.717, 1.165) is 4.43 Å². The number of hydrogen-bond acceptors (Lipinski definition) is 0. The van der Waals surface area contributed by atoms with Crippen LogP contribution in [-0.2, 0) is 0 Å². The van der Waals surface area contributed by atoms with Gasteiger partial charge in [-0.3, -0.25) is 0 Å². The molecule has 1 heterocycles. The van der Waals surface area contributed by atoms with Crippen molar-refractivity contribution in [2.24, 2.45) is 0 Å². The van der Waals surface area contributed by atoms with Gasteiger partial charge in [0.05, 0.1) is 0 Å². The van der Waals surface area contributed by atoms with Crippen molar-refractivity contribution in [1.82, 2.24) is 0 Å². The van der Waals surface area contributed by atoms with Gasteiger partial charge >= 0.3 is 47.6 Å². The van der Waals surface area contributed by atoms with Crippen LogP contribution >= 0.6 is 0 Å². The summed E-state index contributed by atoms with van der Waals surface area (Å²) >= 11 is 0.361. The fraction of sp³-hybridized carbons (Fsp3) is 0.200. The molecule has 0 aromatic rings. The third kappa shape index (κ3) is 1.02. The molecule has 1 rings (SSSR count). The summed E-state index contributed by atoms with van der Waals surface area (Å²) in [5, 5.41) is 0. The first-order valence-corrected chi connectivity index (χ1v) is 4.48. The molecule has 0 N–H and O–H groups in total. The molecule has 0 spiro atoms. The molecule has 0 nitrogen and oxygen atoms in total. The van der Waals surface area contributed by atoms with Gasteiger partial charge in [0.15, 0.2) is 0 Å². The van der Waals surface area contributed by atoms with Crippen molar-refractivity contribution in [2.75, 3.05) is 4.43 Å². The number of alkyl halides is 1. The van der Waals surface area contributed by atoms with Crippen molar-refractivity contribution in [1.29, 1.82) is 0 Å². The van der Waals surface area contributed by atoms with Gasteiger partial charge in [0.2, 0.25) is 0 Å². The summed E-state index contributed by atoms with van der Waals surface area (Å²) in [6.07, 6.45) is 1.96. The summed E-state index contributed by atoms with van der Waals surface area (Å²) < 4.78 is 3.37. The van der Waals surface area contributed by atoms with Gasteiger partial charge in [0.1, 0.15) is 0 Å². The van der Waals surface area contributed by atoms with Crippen molar-refractivity contribution in [3.05, 3.63) is 10.2 Å². The van der Waals surface area contributed by atoms with Crippen LogP contribution < -0.4 is 21.2 Å². The van der Waals surface area contributed by atoms with Crippen LogP contribution in [0.2, 0.25) is 0 Å². The molecule has 32 valence electrons. The van der Waals surface area contributed by atoms with Crippen LogP contribution in [0.1, 0.15) is 0 Å². The summed E-state index contributed by atoms with van der Waals surface area (Å²) in [6.45, 7) is 0. The number of hydrogen-bond donors (Lipinski definition) is 0. The van der Waals surface area contributed by atoms with Crippen molar-refractivity contribution in [2.45, 2.75) is 0 Å². The molecule has 0 atom stereocenters. The van der Waals surface area contributed by atoms with E-state index in [-0.39, 0.29) is 0 Å². The zero-order chi connectivity index (χ0) is 4.24. The van der Waals surface area contributed by atoms with E-state index in [1.54, 1.807) is 0 Å². The van der Waals surface area contributed by atoms with Gasteiger partial charge in [-0.05, 0) is 0 Å². The molecule has 0 unspecified atom stereocenters. The maximum absolute atomic E-state index is 3.00. The quantitative estimate of drug-likeness (QED) is 0.227. The number of rotatable bonds is 0. The van der Waals surface area contributed by atoms with E-state index in [0.29, 0.717) is 21.2 Å². The average Bonchev–Trinajstić information content (AvgIpc) is 1.72. The van der Waals surface area contributed by atoms with Crippen molar-refractivity contribution in [3.63, 3.8) is 0 Å². The molecule has 0 amide bonds. The molecule has 0 aromatic heterocycles. The fourth-order valence-corrected chi connectivity index (χ4v) is 1.39. The second-order valence-corrected chi connectivity index (χ2v) is 3.26. The summed E-state index contributed by atoms with van der Waals surface area (Å²) in [6, 6.07) is 0. The molecule has 1 aliphatic heterocycles. The topological polar surface area (TPSA) is 0 Å². The van der Waals surface area contributed by atoms with E-state index >= 15 is 0 Å². The van der Waals surface area contributed by atoms with Crippen LogP contribution in [0.4, 0.5) is 0 Å². The third-order valence-electron chi connectivity index (χ3n) is 0.481. The molecule has 0 aromatic carbocycles. The van der Waals surface area contributed by atoms with Crippen LogP contribution in [0.3, 0.4) is 0 Å². The summed E-state index contributed by atoms with van der Waals surface area (Å²) in [5.74, 6) is 5.88. The van der Waals surface area contributed by atoms with E-state index in [2.05, 4.69) is 15.9 Å². The SMILES string of the molecule is C1#CC[I-]C=C1. The monoisotopic (exact) mass is 191 g/mol. The standard InChI is InChI=1S/C5H4I/c1-2-4-6-5-3-1/h2,4H,5H2/q-1. The van der Waals surface area contributed by atoms with E-state index in [1.807, 2.05) is 6.08 Å². The maximum atomic E-state index is 3.00. The summed E-state index contributed by atoms with van der Waals surface area (Å²) in [5.41, 5.74) is 0. The molecule has 0 saturated carbocycles. The van der Waals surface area contributed by atoms with E-state index in [4.69, 9.17) is 0 Å². The van der Waals surface area contributed by atoms with Crippen molar-refractivity contribution >= 4 is 0 Å². The predicted octanol–water partition coefficient (Wildman–Crippen LogP) is -2.39. The van der Waals surface area contributed by atoms with E-state index in [9.17, 15) is 0 Å². The van der Waals surface area contributed by atoms with Gasteiger partial charge in [-0.15, -0.1) is 0 Å². The molecule has 1 heteroatoms. The predicted molar refractivity (Wildman–Crippen MR) is 21.8 cm³/mol. The van der Waals surface area contributed by atoms with Crippen LogP contribution in [0.15, 0.2) is 10.2 Å². The van der Waals surface area contributed by atoms with Gasteiger partial charge in [-0.2, -0.15) is 0 Å². The van der Waals surface area contributed by atoms with Crippen molar-refractivity contribution in [3.8, 4) is 11.8 Å². The molecule has 0 bridgehead atoms. The molecular formula is C5H4I-. The Bertz CT molecular complexity index is 114. The van der Waals surface area contributed by atoms with Gasteiger partial charge in [-0.1, -0.05) is 0 Å². The van der Waals surface area contributed by atoms with Crippen LogP contribution in [0, 0.1) is 11.8 Å². The molecule has 0 aliphatic carbocycles. The fourth-order valence-electron chi connectivity index (χ4n) is 0.257. The van der Waals surface area contributed by atoms with Gasteiger partial charge < -0.3 is 0 Å². The summed E-state index contributed by atoms with van der Waals surface area (Å²) in [4.78, 5) is 0. The van der Waals surface area contributed by atoms with Crippen LogP contribution in [0.25, 0.3) is 0 Å². The molecule has 0 fully saturated rings. The minimum atomic E-state index is 0.361. The van der Waals surface area contributed by atoms with Crippen LogP contribution in [-0.4, -0.2) is 4.43 Å². The average molecular weight is 191 g/mol. The minimum absolute atomic E-state index is 0.361. The van der Waals surface area contributed by atoms with Crippen LogP contribution in [0.5, 0.6) is 0 Å². The Morgan fingerprint density at radius 3 is 2.83 bits per heavy atom. The molecule has 6 heavy (non-hydrogen) atoms. The number of halogens is 1. The molecule has 0 saturated heterocycles. The normalized spacial score (nSPS) is 17.3. The number of allylic oxidation sites excluding steroid dienone is 1. The Kier molecular flexibility index (Phi) is 1.57. The Hall–Kier alpha value is 0.0300. The van der Waals surface area contributed by atoms with Gasteiger partial charge in [0.25, 0.3) is 0 Å². The summed E-state index contributed by atoms with van der Waals surface area (Å²) in [7, 11) is 0. The van der Waals surface area contributed by atoms with Crippen molar-refractivity contribution < 1.29 is 21.2 Å². The Labute approximate surface area is 47.9 Å². The molecule has 1 aliphatic rings. The molecule has 0 radical (unpaired) electrons. The zero-order valence-corrected chi connectivity index (χ0v) is 5.40. The molecular weight excluding hydrogens is 187 g/mol. The third-order valence-corrected chi connectivity index (χ3v) is 2.17. The van der Waals surface area contributed by atoms with E-state index in [1.165, 1.54) is 0 Å². The van der Waals surface area contributed by atoms with Gasteiger partial charge in [-0.25, -0.2) is 0 Å². The van der Waals surface area contributed by atoms with Gasteiger partial charge in [0, 0.05) is 0 Å². The first-order chi connectivity index (χ1) is 3.00. The Morgan fingerprint density at radius 1 is 1.67 bits per heavy atom. The van der Waals surface area contributed by atoms with E-state index < -0.39 is 0 Å². The second-order valence-electron chi connectivity index (χ2n) is 0.902. The Morgan fingerprint density at radius 2 is 2.67 bits per heavy atom. The second kappa shape index (κ2) is 2.25. The first kappa shape index (κ1) is 4.20. The Balaban J connectivity index is 2.58. The zero-order valence-electron chi connectivity index (χ0n) is 3.24.